The minimum absolute atomic E-state index is 0.0244. The first kappa shape index (κ1) is 24.2. The van der Waals surface area contributed by atoms with Crippen LogP contribution in [0.5, 0.6) is 17.2 Å². The van der Waals surface area contributed by atoms with Gasteiger partial charge >= 0.3 is 0 Å². The highest BCUT2D eigenvalue weighted by Crippen LogP contribution is 2.23. The third-order valence-electron chi connectivity index (χ3n) is 6.33. The third-order valence-corrected chi connectivity index (χ3v) is 6.33. The van der Waals surface area contributed by atoms with Crippen molar-refractivity contribution in [3.05, 3.63) is 78.9 Å². The maximum Gasteiger partial charge on any atom is 0.252 e. The quantitative estimate of drug-likeness (QED) is 0.517. The van der Waals surface area contributed by atoms with Crippen LogP contribution >= 0.6 is 0 Å². The fourth-order valence-electron chi connectivity index (χ4n) is 4.32. The molecule has 9 nitrogen and oxygen atoms in total. The lowest BCUT2D eigenvalue weighted by molar-refractivity contribution is -0.123. The SMILES string of the molecule is COc1ccc(N2CCN(C3=N[C@H](CC(=O)Nc4ccc(Oc5ccccc5)cc4)C(=O)N3)CC2)cc1. The van der Waals surface area contributed by atoms with E-state index in [-0.39, 0.29) is 18.2 Å². The number of ether oxygens (including phenoxy) is 2. The van der Waals surface area contributed by atoms with Gasteiger partial charge in [0, 0.05) is 37.6 Å². The molecule has 0 radical (unpaired) electrons. The van der Waals surface area contributed by atoms with E-state index in [1.807, 2.05) is 54.6 Å². The summed E-state index contributed by atoms with van der Waals surface area (Å²) in [6.07, 6.45) is -0.0244. The number of para-hydroxylation sites is 1. The topological polar surface area (TPSA) is 95.5 Å². The highest BCUT2D eigenvalue weighted by molar-refractivity contribution is 6.07. The number of carbonyl (C=O) groups excluding carboxylic acids is 2. The van der Waals surface area contributed by atoms with Crippen LogP contribution < -0.4 is 25.0 Å². The largest absolute Gasteiger partial charge is 0.497 e. The molecule has 2 amide bonds. The van der Waals surface area contributed by atoms with Gasteiger partial charge in [-0.3, -0.25) is 14.9 Å². The Morgan fingerprint density at radius 1 is 0.892 bits per heavy atom. The highest BCUT2D eigenvalue weighted by atomic mass is 16.5. The van der Waals surface area contributed by atoms with Gasteiger partial charge in [0.2, 0.25) is 11.9 Å². The molecule has 1 saturated heterocycles. The summed E-state index contributed by atoms with van der Waals surface area (Å²) in [5, 5.41) is 5.68. The number of methoxy groups -OCH3 is 1. The Bertz CT molecular complexity index is 1250. The fourth-order valence-corrected chi connectivity index (χ4v) is 4.32. The van der Waals surface area contributed by atoms with Crippen LogP contribution in [0.15, 0.2) is 83.9 Å². The zero-order valence-corrected chi connectivity index (χ0v) is 20.6. The van der Waals surface area contributed by atoms with E-state index < -0.39 is 6.04 Å². The van der Waals surface area contributed by atoms with Crippen molar-refractivity contribution in [1.29, 1.82) is 0 Å². The molecule has 1 fully saturated rings. The number of anilines is 2. The lowest BCUT2D eigenvalue weighted by Gasteiger charge is -2.36. The molecule has 2 aliphatic heterocycles. The number of carbonyl (C=O) groups is 2. The molecule has 0 saturated carbocycles. The molecule has 0 unspecified atom stereocenters. The number of guanidine groups is 1. The summed E-state index contributed by atoms with van der Waals surface area (Å²) in [6.45, 7) is 3.05. The lowest BCUT2D eigenvalue weighted by atomic mass is 10.2. The van der Waals surface area contributed by atoms with Gasteiger partial charge in [-0.2, -0.15) is 0 Å². The van der Waals surface area contributed by atoms with Crippen molar-refractivity contribution in [2.75, 3.05) is 43.5 Å². The number of aliphatic imine (C=N–C) groups is 1. The standard InChI is InChI=1S/C28H29N5O4/c1-36-22-13-9-21(10-14-22)32-15-17-33(18-16-32)28-30-25(27(35)31-28)19-26(34)29-20-7-11-24(12-8-20)37-23-5-3-2-4-6-23/h2-14,25H,15-19H2,1H3,(H,29,34)(H,30,31,35)/t25-/m1/s1. The van der Waals surface area contributed by atoms with Gasteiger partial charge in [-0.15, -0.1) is 0 Å². The summed E-state index contributed by atoms with van der Waals surface area (Å²) < 4.78 is 11.0. The smallest absolute Gasteiger partial charge is 0.252 e. The first-order valence-corrected chi connectivity index (χ1v) is 12.2. The van der Waals surface area contributed by atoms with Gasteiger partial charge in [0.25, 0.3) is 5.91 Å². The van der Waals surface area contributed by atoms with Crippen LogP contribution in [0.4, 0.5) is 11.4 Å². The van der Waals surface area contributed by atoms with Crippen LogP contribution in [0.2, 0.25) is 0 Å². The molecule has 2 N–H and O–H groups in total. The van der Waals surface area contributed by atoms with E-state index in [1.165, 1.54) is 0 Å². The summed E-state index contributed by atoms with van der Waals surface area (Å²) in [5.41, 5.74) is 1.76. The Hall–Kier alpha value is -4.53. The van der Waals surface area contributed by atoms with Gasteiger partial charge in [0.1, 0.15) is 23.3 Å². The van der Waals surface area contributed by atoms with E-state index in [2.05, 4.69) is 25.4 Å². The minimum Gasteiger partial charge on any atom is -0.497 e. The van der Waals surface area contributed by atoms with Crippen LogP contribution in [0.3, 0.4) is 0 Å². The zero-order chi connectivity index (χ0) is 25.6. The second kappa shape index (κ2) is 11.0. The number of nitrogens with one attached hydrogen (secondary N) is 2. The molecule has 3 aromatic rings. The van der Waals surface area contributed by atoms with Gasteiger partial charge < -0.3 is 24.6 Å². The molecule has 2 aliphatic rings. The molecule has 0 spiro atoms. The van der Waals surface area contributed by atoms with E-state index in [9.17, 15) is 9.59 Å². The molecule has 37 heavy (non-hydrogen) atoms. The van der Waals surface area contributed by atoms with E-state index in [4.69, 9.17) is 9.47 Å². The maximum atomic E-state index is 12.6. The Morgan fingerprint density at radius 2 is 1.51 bits per heavy atom. The molecule has 5 rings (SSSR count). The predicted molar refractivity (Wildman–Crippen MR) is 142 cm³/mol. The third kappa shape index (κ3) is 6.00. The van der Waals surface area contributed by atoms with Gasteiger partial charge in [-0.1, -0.05) is 18.2 Å². The highest BCUT2D eigenvalue weighted by Gasteiger charge is 2.32. The van der Waals surface area contributed by atoms with Gasteiger partial charge in [0.05, 0.1) is 13.5 Å². The Kier molecular flexibility index (Phi) is 7.21. The molecular weight excluding hydrogens is 470 g/mol. The number of amides is 2. The van der Waals surface area contributed by atoms with E-state index in [0.29, 0.717) is 17.4 Å². The van der Waals surface area contributed by atoms with Crippen LogP contribution in [0.25, 0.3) is 0 Å². The van der Waals surface area contributed by atoms with Crippen molar-refractivity contribution in [3.63, 3.8) is 0 Å². The number of nitrogens with zero attached hydrogens (tertiary/aromatic N) is 3. The maximum absolute atomic E-state index is 12.6. The average molecular weight is 500 g/mol. The van der Waals surface area contributed by atoms with Crippen molar-refractivity contribution < 1.29 is 19.1 Å². The van der Waals surface area contributed by atoms with Crippen LogP contribution in [-0.2, 0) is 9.59 Å². The Morgan fingerprint density at radius 3 is 2.19 bits per heavy atom. The first-order valence-electron chi connectivity index (χ1n) is 12.2. The van der Waals surface area contributed by atoms with Crippen molar-refractivity contribution in [1.82, 2.24) is 10.2 Å². The number of rotatable bonds is 7. The molecular formula is C28H29N5O4. The number of hydrogen-bond acceptors (Lipinski definition) is 7. The average Bonchev–Trinajstić information content (AvgIpc) is 3.30. The number of hydrogen-bond donors (Lipinski definition) is 2. The number of benzene rings is 3. The summed E-state index contributed by atoms with van der Waals surface area (Å²) in [6, 6.07) is 23.8. The number of piperazine rings is 1. The molecule has 2 heterocycles. The summed E-state index contributed by atoms with van der Waals surface area (Å²) in [7, 11) is 1.65. The van der Waals surface area contributed by atoms with Crippen molar-refractivity contribution in [3.8, 4) is 17.2 Å². The molecule has 0 aromatic heterocycles. The monoisotopic (exact) mass is 499 g/mol. The normalized spacial score (nSPS) is 17.2. The molecule has 0 aliphatic carbocycles. The molecule has 1 atom stereocenters. The van der Waals surface area contributed by atoms with Gasteiger partial charge in [0.15, 0.2) is 0 Å². The zero-order valence-electron chi connectivity index (χ0n) is 20.6. The molecule has 0 bridgehead atoms. The molecule has 3 aromatic carbocycles. The Balaban J connectivity index is 1.11. The van der Waals surface area contributed by atoms with Crippen molar-refractivity contribution >= 4 is 29.1 Å². The van der Waals surface area contributed by atoms with Crippen LogP contribution in [-0.4, -0.2) is 62.0 Å². The predicted octanol–water partition coefficient (Wildman–Crippen LogP) is 3.49. The van der Waals surface area contributed by atoms with Gasteiger partial charge in [-0.25, -0.2) is 4.99 Å². The van der Waals surface area contributed by atoms with Crippen molar-refractivity contribution in [2.24, 2.45) is 4.99 Å². The van der Waals surface area contributed by atoms with E-state index in [0.717, 1.165) is 43.4 Å². The fraction of sp³-hybridized carbons (Fsp3) is 0.250. The second-order valence-electron chi connectivity index (χ2n) is 8.82. The van der Waals surface area contributed by atoms with Gasteiger partial charge in [-0.05, 0) is 60.7 Å². The lowest BCUT2D eigenvalue weighted by Crippen LogP contribution is -2.52. The minimum atomic E-state index is -0.740. The second-order valence-corrected chi connectivity index (χ2v) is 8.82. The summed E-state index contributed by atoms with van der Waals surface area (Å²) in [4.78, 5) is 34.0. The van der Waals surface area contributed by atoms with E-state index in [1.54, 1.807) is 31.4 Å². The summed E-state index contributed by atoms with van der Waals surface area (Å²) in [5.74, 6) is 2.25. The molecule has 190 valence electrons. The van der Waals surface area contributed by atoms with Crippen molar-refractivity contribution in [2.45, 2.75) is 12.5 Å². The van der Waals surface area contributed by atoms with Crippen LogP contribution in [0.1, 0.15) is 6.42 Å². The first-order chi connectivity index (χ1) is 18.1. The molecule has 9 heteroatoms. The van der Waals surface area contributed by atoms with E-state index >= 15 is 0 Å². The summed E-state index contributed by atoms with van der Waals surface area (Å²) >= 11 is 0. The Labute approximate surface area is 215 Å². The van der Waals surface area contributed by atoms with Crippen LogP contribution in [0, 0.1) is 0 Å².